The summed E-state index contributed by atoms with van der Waals surface area (Å²) < 4.78 is 10.5. The minimum atomic E-state index is -0.362. The maximum absolute atomic E-state index is 12.5. The number of carbonyl (C=O) groups excluding carboxylic acids is 2. The first-order chi connectivity index (χ1) is 12.9. The number of carbonyl (C=O) groups is 2. The summed E-state index contributed by atoms with van der Waals surface area (Å²) in [7, 11) is 0. The highest BCUT2D eigenvalue weighted by molar-refractivity contribution is 5.78. The van der Waals surface area contributed by atoms with Crippen molar-refractivity contribution in [2.45, 2.75) is 53.1 Å². The lowest BCUT2D eigenvalue weighted by atomic mass is 9.94. The molecule has 0 amide bonds. The third-order valence-electron chi connectivity index (χ3n) is 4.28. The van der Waals surface area contributed by atoms with Crippen LogP contribution in [-0.2, 0) is 27.4 Å². The molecule has 27 heavy (non-hydrogen) atoms. The Morgan fingerprint density at radius 3 is 2.04 bits per heavy atom. The molecule has 0 radical (unpaired) electrons. The van der Waals surface area contributed by atoms with Crippen LogP contribution in [0.25, 0.3) is 0 Å². The van der Waals surface area contributed by atoms with Crippen molar-refractivity contribution < 1.29 is 19.1 Å². The summed E-state index contributed by atoms with van der Waals surface area (Å²) in [5.41, 5.74) is 3.12. The minimum absolute atomic E-state index is 0.196. The van der Waals surface area contributed by atoms with Gasteiger partial charge in [-0.25, -0.2) is 0 Å². The molecule has 0 saturated heterocycles. The molecular weight excluding hydrogens is 340 g/mol. The second-order valence-corrected chi connectivity index (χ2v) is 7.15. The molecule has 4 nitrogen and oxygen atoms in total. The average molecular weight is 368 g/mol. The number of hydrogen-bond acceptors (Lipinski definition) is 4. The quantitative estimate of drug-likeness (QED) is 0.483. The smallest absolute Gasteiger partial charge is 0.313 e. The van der Waals surface area contributed by atoms with Gasteiger partial charge in [-0.2, -0.15) is 0 Å². The fourth-order valence-corrected chi connectivity index (χ4v) is 2.97. The van der Waals surface area contributed by atoms with Crippen LogP contribution in [0.4, 0.5) is 0 Å². The van der Waals surface area contributed by atoms with Gasteiger partial charge < -0.3 is 9.47 Å². The van der Waals surface area contributed by atoms with Crippen LogP contribution in [-0.4, -0.2) is 11.9 Å². The SMILES string of the molecule is CCC(C(=O)OCc1ccc(OC(C)=O)cc1)c1ccc(CC(C)C)cc1. The van der Waals surface area contributed by atoms with Gasteiger partial charge >= 0.3 is 11.9 Å². The zero-order chi connectivity index (χ0) is 19.8. The fourth-order valence-electron chi connectivity index (χ4n) is 2.97. The van der Waals surface area contributed by atoms with Crippen LogP contribution < -0.4 is 4.74 Å². The Bertz CT molecular complexity index is 745. The molecule has 0 aliphatic carbocycles. The molecule has 144 valence electrons. The van der Waals surface area contributed by atoms with Crippen molar-refractivity contribution in [3.8, 4) is 5.75 Å². The molecule has 0 saturated carbocycles. The molecule has 0 N–H and O–H groups in total. The fraction of sp³-hybridized carbons (Fsp3) is 0.391. The Morgan fingerprint density at radius 2 is 1.52 bits per heavy atom. The van der Waals surface area contributed by atoms with Gasteiger partial charge in [-0.1, -0.05) is 57.2 Å². The maximum Gasteiger partial charge on any atom is 0.313 e. The van der Waals surface area contributed by atoms with Crippen LogP contribution in [0.2, 0.25) is 0 Å². The number of ether oxygens (including phenoxy) is 2. The van der Waals surface area contributed by atoms with E-state index < -0.39 is 0 Å². The van der Waals surface area contributed by atoms with Gasteiger partial charge in [0.25, 0.3) is 0 Å². The largest absolute Gasteiger partial charge is 0.460 e. The van der Waals surface area contributed by atoms with Gasteiger partial charge in [0.05, 0.1) is 5.92 Å². The zero-order valence-electron chi connectivity index (χ0n) is 16.5. The molecule has 2 aromatic carbocycles. The van der Waals surface area contributed by atoms with E-state index in [1.165, 1.54) is 12.5 Å². The number of esters is 2. The first kappa shape index (κ1) is 20.7. The van der Waals surface area contributed by atoms with Gasteiger partial charge in [0.1, 0.15) is 12.4 Å². The molecular formula is C23H28O4. The van der Waals surface area contributed by atoms with Crippen LogP contribution >= 0.6 is 0 Å². The van der Waals surface area contributed by atoms with Crippen molar-refractivity contribution in [3.05, 3.63) is 65.2 Å². The summed E-state index contributed by atoms with van der Waals surface area (Å²) in [6, 6.07) is 15.2. The second kappa shape index (κ2) is 9.91. The van der Waals surface area contributed by atoms with Gasteiger partial charge in [0, 0.05) is 6.92 Å². The second-order valence-electron chi connectivity index (χ2n) is 7.15. The van der Waals surface area contributed by atoms with Crippen molar-refractivity contribution in [1.29, 1.82) is 0 Å². The highest BCUT2D eigenvalue weighted by atomic mass is 16.5. The number of rotatable bonds is 8. The average Bonchev–Trinajstić information content (AvgIpc) is 2.62. The normalized spacial score (nSPS) is 11.9. The van der Waals surface area contributed by atoms with E-state index in [0.717, 1.165) is 17.5 Å². The van der Waals surface area contributed by atoms with Crippen molar-refractivity contribution in [1.82, 2.24) is 0 Å². The standard InChI is InChI=1S/C23H28O4/c1-5-22(20-10-6-18(7-11-20)14-16(2)3)23(25)26-15-19-8-12-21(13-9-19)27-17(4)24/h6-13,16,22H,5,14-15H2,1-4H3. The van der Waals surface area contributed by atoms with E-state index in [1.54, 1.807) is 24.3 Å². The Morgan fingerprint density at radius 1 is 0.926 bits per heavy atom. The summed E-state index contributed by atoms with van der Waals surface area (Å²) >= 11 is 0. The summed E-state index contributed by atoms with van der Waals surface area (Å²) in [6.07, 6.45) is 1.72. The molecule has 0 aliphatic rings. The highest BCUT2D eigenvalue weighted by Gasteiger charge is 2.20. The van der Waals surface area contributed by atoms with Gasteiger partial charge in [-0.05, 0) is 47.6 Å². The van der Waals surface area contributed by atoms with Crippen LogP contribution in [0.15, 0.2) is 48.5 Å². The molecule has 2 aromatic rings. The van der Waals surface area contributed by atoms with Gasteiger partial charge in [0.15, 0.2) is 0 Å². The maximum atomic E-state index is 12.5. The molecule has 0 heterocycles. The molecule has 0 aromatic heterocycles. The predicted octanol–water partition coefficient (Wildman–Crippen LogP) is 5.05. The van der Waals surface area contributed by atoms with Crippen LogP contribution in [0.3, 0.4) is 0 Å². The van der Waals surface area contributed by atoms with E-state index in [0.29, 0.717) is 18.1 Å². The number of hydrogen-bond donors (Lipinski definition) is 0. The zero-order valence-corrected chi connectivity index (χ0v) is 16.5. The lowest BCUT2D eigenvalue weighted by Crippen LogP contribution is -2.15. The Hall–Kier alpha value is -2.62. The van der Waals surface area contributed by atoms with Crippen molar-refractivity contribution in [2.24, 2.45) is 5.92 Å². The summed E-state index contributed by atoms with van der Waals surface area (Å²) in [4.78, 5) is 23.5. The van der Waals surface area contributed by atoms with E-state index >= 15 is 0 Å². The molecule has 0 spiro atoms. The van der Waals surface area contributed by atoms with Crippen LogP contribution in [0.5, 0.6) is 5.75 Å². The van der Waals surface area contributed by atoms with Crippen molar-refractivity contribution >= 4 is 11.9 Å². The molecule has 1 atom stereocenters. The van der Waals surface area contributed by atoms with Crippen LogP contribution in [0.1, 0.15) is 56.7 Å². The lowest BCUT2D eigenvalue weighted by Gasteiger charge is -2.15. The third-order valence-corrected chi connectivity index (χ3v) is 4.28. The highest BCUT2D eigenvalue weighted by Crippen LogP contribution is 2.23. The molecule has 1 unspecified atom stereocenters. The molecule has 0 bridgehead atoms. The first-order valence-electron chi connectivity index (χ1n) is 9.41. The monoisotopic (exact) mass is 368 g/mol. The van der Waals surface area contributed by atoms with E-state index in [9.17, 15) is 9.59 Å². The van der Waals surface area contributed by atoms with E-state index in [2.05, 4.69) is 26.0 Å². The Kier molecular flexibility index (Phi) is 7.59. The van der Waals surface area contributed by atoms with Gasteiger partial charge in [-0.15, -0.1) is 0 Å². The molecule has 2 rings (SSSR count). The van der Waals surface area contributed by atoms with Crippen molar-refractivity contribution in [3.63, 3.8) is 0 Å². The minimum Gasteiger partial charge on any atom is -0.460 e. The third kappa shape index (κ3) is 6.55. The van der Waals surface area contributed by atoms with Gasteiger partial charge in [0.2, 0.25) is 0 Å². The molecule has 0 fully saturated rings. The summed E-state index contributed by atoms with van der Waals surface area (Å²) in [6.45, 7) is 7.93. The van der Waals surface area contributed by atoms with Crippen molar-refractivity contribution in [2.75, 3.05) is 0 Å². The van der Waals surface area contributed by atoms with Crippen LogP contribution in [0, 0.1) is 5.92 Å². The first-order valence-corrected chi connectivity index (χ1v) is 9.41. The Labute approximate surface area is 161 Å². The van der Waals surface area contributed by atoms with E-state index in [4.69, 9.17) is 9.47 Å². The summed E-state index contributed by atoms with van der Waals surface area (Å²) in [5, 5.41) is 0. The van der Waals surface area contributed by atoms with E-state index in [-0.39, 0.29) is 24.5 Å². The predicted molar refractivity (Wildman–Crippen MR) is 106 cm³/mol. The van der Waals surface area contributed by atoms with E-state index in [1.807, 2.05) is 19.1 Å². The topological polar surface area (TPSA) is 52.6 Å². The number of benzene rings is 2. The lowest BCUT2D eigenvalue weighted by molar-refractivity contribution is -0.147. The van der Waals surface area contributed by atoms with Gasteiger partial charge in [-0.3, -0.25) is 9.59 Å². The Balaban J connectivity index is 1.95. The molecule has 0 aliphatic heterocycles. The molecule has 4 heteroatoms. The summed E-state index contributed by atoms with van der Waals surface area (Å²) in [5.74, 6) is 0.233.